The summed E-state index contributed by atoms with van der Waals surface area (Å²) in [7, 11) is 0. The van der Waals surface area contributed by atoms with Crippen LogP contribution < -0.4 is 5.73 Å². The molecule has 0 unspecified atom stereocenters. The van der Waals surface area contributed by atoms with Crippen molar-refractivity contribution in [2.45, 2.75) is 32.2 Å². The first-order valence-electron chi connectivity index (χ1n) is 4.78. The van der Waals surface area contributed by atoms with Gasteiger partial charge in [-0.25, -0.2) is 0 Å². The van der Waals surface area contributed by atoms with Gasteiger partial charge in [0, 0.05) is 6.04 Å². The Bertz CT molecular complexity index is 331. The van der Waals surface area contributed by atoms with Gasteiger partial charge in [-0.1, -0.05) is 0 Å². The van der Waals surface area contributed by atoms with Crippen molar-refractivity contribution >= 4 is 0 Å². The molecule has 0 heterocycles. The van der Waals surface area contributed by atoms with Crippen molar-refractivity contribution in [1.29, 1.82) is 0 Å². The maximum Gasteiger partial charge on any atom is 0.116 e. The lowest BCUT2D eigenvalue weighted by molar-refractivity contribution is 0.473. The molecule has 2 rings (SSSR count). The highest BCUT2D eigenvalue weighted by atomic mass is 16.3. The summed E-state index contributed by atoms with van der Waals surface area (Å²) in [5.41, 5.74) is 9.62. The van der Waals surface area contributed by atoms with Crippen LogP contribution in [-0.4, -0.2) is 5.11 Å². The van der Waals surface area contributed by atoms with Crippen LogP contribution in [0.4, 0.5) is 0 Å². The average Bonchev–Trinajstić information content (AvgIpc) is 2.49. The number of phenolic OH excluding ortho intramolecular Hbond substituents is 1. The van der Waals surface area contributed by atoms with E-state index in [9.17, 15) is 5.11 Å². The molecule has 2 heteroatoms. The van der Waals surface area contributed by atoms with E-state index in [-0.39, 0.29) is 6.04 Å². The maximum atomic E-state index is 9.47. The molecule has 0 radical (unpaired) electrons. The summed E-state index contributed by atoms with van der Waals surface area (Å²) in [6.07, 6.45) is 3.40. The van der Waals surface area contributed by atoms with Crippen molar-refractivity contribution in [3.63, 3.8) is 0 Å². The second kappa shape index (κ2) is 3.04. The van der Waals surface area contributed by atoms with E-state index in [4.69, 9.17) is 5.73 Å². The van der Waals surface area contributed by atoms with Crippen LogP contribution in [0.5, 0.6) is 5.75 Å². The molecule has 0 spiro atoms. The van der Waals surface area contributed by atoms with Crippen LogP contribution in [0.3, 0.4) is 0 Å². The Kier molecular flexibility index (Phi) is 2.00. The Balaban J connectivity index is 2.55. The quantitative estimate of drug-likeness (QED) is 0.688. The summed E-state index contributed by atoms with van der Waals surface area (Å²) >= 11 is 0. The predicted molar refractivity (Wildman–Crippen MR) is 52.7 cm³/mol. The van der Waals surface area contributed by atoms with Crippen molar-refractivity contribution in [2.75, 3.05) is 0 Å². The zero-order valence-corrected chi connectivity index (χ0v) is 7.88. The van der Waals surface area contributed by atoms with E-state index in [1.54, 1.807) is 6.07 Å². The Morgan fingerprint density at radius 1 is 1.38 bits per heavy atom. The SMILES string of the molecule is C[C@@H](N)c1cc(O)cc2c1CCC2. The van der Waals surface area contributed by atoms with Crippen LogP contribution in [0, 0.1) is 0 Å². The summed E-state index contributed by atoms with van der Waals surface area (Å²) in [5, 5.41) is 9.47. The number of rotatable bonds is 1. The van der Waals surface area contributed by atoms with E-state index in [0.717, 1.165) is 18.4 Å². The minimum absolute atomic E-state index is 0.0268. The molecule has 13 heavy (non-hydrogen) atoms. The first-order valence-corrected chi connectivity index (χ1v) is 4.78. The lowest BCUT2D eigenvalue weighted by atomic mass is 9.98. The molecule has 0 bridgehead atoms. The molecule has 0 saturated carbocycles. The van der Waals surface area contributed by atoms with Crippen LogP contribution in [0.25, 0.3) is 0 Å². The second-order valence-corrected chi connectivity index (χ2v) is 3.81. The van der Waals surface area contributed by atoms with Crippen LogP contribution in [0.1, 0.15) is 36.1 Å². The predicted octanol–water partition coefficient (Wildman–Crippen LogP) is 1.90. The van der Waals surface area contributed by atoms with Gasteiger partial charge < -0.3 is 10.8 Å². The number of benzene rings is 1. The smallest absolute Gasteiger partial charge is 0.116 e. The molecule has 0 saturated heterocycles. The highest BCUT2D eigenvalue weighted by Gasteiger charge is 2.17. The van der Waals surface area contributed by atoms with Gasteiger partial charge in [-0.05, 0) is 55.0 Å². The molecule has 0 aromatic heterocycles. The fourth-order valence-electron chi connectivity index (χ4n) is 2.13. The molecule has 1 aromatic carbocycles. The fourth-order valence-corrected chi connectivity index (χ4v) is 2.13. The average molecular weight is 177 g/mol. The first kappa shape index (κ1) is 8.57. The van der Waals surface area contributed by atoms with Crippen LogP contribution in [0.15, 0.2) is 12.1 Å². The third kappa shape index (κ3) is 1.42. The van der Waals surface area contributed by atoms with Gasteiger partial charge in [0.1, 0.15) is 5.75 Å². The number of fused-ring (bicyclic) bond motifs is 1. The Labute approximate surface area is 78.4 Å². The molecule has 0 fully saturated rings. The van der Waals surface area contributed by atoms with E-state index in [1.807, 2.05) is 13.0 Å². The van der Waals surface area contributed by atoms with Gasteiger partial charge in [-0.3, -0.25) is 0 Å². The standard InChI is InChI=1S/C11H15NO/c1-7(12)11-6-9(13)5-8-3-2-4-10(8)11/h5-7,13H,2-4,12H2,1H3/t7-/m1/s1. The molecule has 0 amide bonds. The third-order valence-corrected chi connectivity index (χ3v) is 2.73. The Morgan fingerprint density at radius 3 is 2.85 bits per heavy atom. The van der Waals surface area contributed by atoms with Crippen molar-refractivity contribution in [2.24, 2.45) is 5.73 Å². The molecule has 3 N–H and O–H groups in total. The van der Waals surface area contributed by atoms with E-state index < -0.39 is 0 Å². The topological polar surface area (TPSA) is 46.2 Å². The zero-order valence-electron chi connectivity index (χ0n) is 7.88. The zero-order chi connectivity index (χ0) is 9.42. The Hall–Kier alpha value is -1.02. The van der Waals surface area contributed by atoms with Gasteiger partial charge >= 0.3 is 0 Å². The minimum Gasteiger partial charge on any atom is -0.508 e. The number of aryl methyl sites for hydroxylation is 1. The largest absolute Gasteiger partial charge is 0.508 e. The van der Waals surface area contributed by atoms with Crippen LogP contribution >= 0.6 is 0 Å². The van der Waals surface area contributed by atoms with E-state index in [2.05, 4.69) is 0 Å². The molecule has 0 aliphatic heterocycles. The fraction of sp³-hybridized carbons (Fsp3) is 0.455. The molecular weight excluding hydrogens is 162 g/mol. The normalized spacial score (nSPS) is 17.1. The molecule has 70 valence electrons. The summed E-state index contributed by atoms with van der Waals surface area (Å²) in [6.45, 7) is 1.97. The Morgan fingerprint density at radius 2 is 2.15 bits per heavy atom. The first-order chi connectivity index (χ1) is 6.18. The number of hydrogen-bond acceptors (Lipinski definition) is 2. The number of phenols is 1. The second-order valence-electron chi connectivity index (χ2n) is 3.81. The molecule has 1 aliphatic carbocycles. The van der Waals surface area contributed by atoms with Gasteiger partial charge in [-0.2, -0.15) is 0 Å². The van der Waals surface area contributed by atoms with E-state index >= 15 is 0 Å². The summed E-state index contributed by atoms with van der Waals surface area (Å²) in [4.78, 5) is 0. The van der Waals surface area contributed by atoms with Crippen LogP contribution in [0.2, 0.25) is 0 Å². The van der Waals surface area contributed by atoms with Gasteiger partial charge in [0.25, 0.3) is 0 Å². The van der Waals surface area contributed by atoms with E-state index in [1.165, 1.54) is 17.5 Å². The summed E-state index contributed by atoms with van der Waals surface area (Å²) in [5.74, 6) is 0.355. The van der Waals surface area contributed by atoms with Gasteiger partial charge in [0.15, 0.2) is 0 Å². The lowest BCUT2D eigenvalue weighted by Gasteiger charge is -2.12. The van der Waals surface area contributed by atoms with Crippen LogP contribution in [-0.2, 0) is 12.8 Å². The van der Waals surface area contributed by atoms with Crippen molar-refractivity contribution < 1.29 is 5.11 Å². The minimum atomic E-state index is 0.0268. The van der Waals surface area contributed by atoms with Gasteiger partial charge in [-0.15, -0.1) is 0 Å². The summed E-state index contributed by atoms with van der Waals surface area (Å²) < 4.78 is 0. The van der Waals surface area contributed by atoms with Gasteiger partial charge in [0.05, 0.1) is 0 Å². The molecule has 1 atom stereocenters. The number of hydrogen-bond donors (Lipinski definition) is 2. The lowest BCUT2D eigenvalue weighted by Crippen LogP contribution is -2.08. The maximum absolute atomic E-state index is 9.47. The number of aromatic hydroxyl groups is 1. The molecule has 1 aromatic rings. The third-order valence-electron chi connectivity index (χ3n) is 2.73. The summed E-state index contributed by atoms with van der Waals surface area (Å²) in [6, 6.07) is 3.70. The monoisotopic (exact) mass is 177 g/mol. The molecule has 2 nitrogen and oxygen atoms in total. The van der Waals surface area contributed by atoms with E-state index in [0.29, 0.717) is 5.75 Å². The number of nitrogens with two attached hydrogens (primary N) is 1. The van der Waals surface area contributed by atoms with Crippen molar-refractivity contribution in [1.82, 2.24) is 0 Å². The molecule has 1 aliphatic rings. The molecular formula is C11H15NO. The van der Waals surface area contributed by atoms with Gasteiger partial charge in [0.2, 0.25) is 0 Å². The highest BCUT2D eigenvalue weighted by molar-refractivity contribution is 5.45. The highest BCUT2D eigenvalue weighted by Crippen LogP contribution is 2.31. The van der Waals surface area contributed by atoms with Crippen molar-refractivity contribution in [3.05, 3.63) is 28.8 Å². The van der Waals surface area contributed by atoms with Crippen molar-refractivity contribution in [3.8, 4) is 5.75 Å².